The first-order valence-corrected chi connectivity index (χ1v) is 8.37. The number of piperidine rings is 1. The molecule has 1 aromatic rings. The Kier molecular flexibility index (Phi) is 4.81. The van der Waals surface area contributed by atoms with Crippen LogP contribution in [0.15, 0.2) is 24.3 Å². The Bertz CT molecular complexity index is 495. The van der Waals surface area contributed by atoms with Gasteiger partial charge in [-0.2, -0.15) is 0 Å². The molecule has 1 amide bonds. The van der Waals surface area contributed by atoms with E-state index in [0.717, 1.165) is 31.5 Å². The van der Waals surface area contributed by atoms with E-state index in [0.29, 0.717) is 23.5 Å². The number of hydrogen-bond acceptors (Lipinski definition) is 2. The van der Waals surface area contributed by atoms with Crippen molar-refractivity contribution >= 4 is 17.5 Å². The van der Waals surface area contributed by atoms with E-state index in [1.807, 2.05) is 24.3 Å². The van der Waals surface area contributed by atoms with Crippen molar-refractivity contribution in [3.63, 3.8) is 0 Å². The number of benzene rings is 1. The highest BCUT2D eigenvalue weighted by Crippen LogP contribution is 2.28. The highest BCUT2D eigenvalue weighted by atomic mass is 35.5. The van der Waals surface area contributed by atoms with Crippen LogP contribution in [0.2, 0.25) is 5.02 Å². The number of nitrogens with zero attached hydrogens (tertiary/aromatic N) is 1. The number of amides is 1. The van der Waals surface area contributed by atoms with Gasteiger partial charge in [-0.15, -0.1) is 0 Å². The highest BCUT2D eigenvalue weighted by Gasteiger charge is 2.34. The average molecular weight is 307 g/mol. The molecule has 0 spiro atoms. The van der Waals surface area contributed by atoms with E-state index >= 15 is 0 Å². The Morgan fingerprint density at radius 1 is 1.29 bits per heavy atom. The predicted molar refractivity (Wildman–Crippen MR) is 85.5 cm³/mol. The molecule has 1 heterocycles. The fraction of sp³-hybridized carbons (Fsp3) is 0.588. The van der Waals surface area contributed by atoms with Crippen LogP contribution < -0.4 is 5.32 Å². The zero-order chi connectivity index (χ0) is 14.7. The van der Waals surface area contributed by atoms with Crippen LogP contribution in [0.4, 0.5) is 0 Å². The third-order valence-electron chi connectivity index (χ3n) is 4.38. The minimum atomic E-state index is 0.243. The Morgan fingerprint density at radius 3 is 2.81 bits per heavy atom. The molecule has 21 heavy (non-hydrogen) atoms. The summed E-state index contributed by atoms with van der Waals surface area (Å²) in [6.45, 7) is 1.95. The lowest BCUT2D eigenvalue weighted by atomic mass is 10.0. The maximum atomic E-state index is 12.6. The minimum Gasteiger partial charge on any atom is -0.338 e. The molecule has 1 aliphatic heterocycles. The van der Waals surface area contributed by atoms with Gasteiger partial charge in [0.15, 0.2) is 0 Å². The molecule has 2 aliphatic rings. The molecule has 1 unspecified atom stereocenters. The number of carbonyl (C=O) groups is 1. The van der Waals surface area contributed by atoms with Crippen molar-refractivity contribution in [3.05, 3.63) is 34.9 Å². The fourth-order valence-corrected chi connectivity index (χ4v) is 3.29. The van der Waals surface area contributed by atoms with Crippen LogP contribution in [-0.2, 0) is 11.2 Å². The molecule has 4 heteroatoms. The summed E-state index contributed by atoms with van der Waals surface area (Å²) in [6, 6.07) is 8.58. The number of halogens is 1. The summed E-state index contributed by atoms with van der Waals surface area (Å²) >= 11 is 6.00. The van der Waals surface area contributed by atoms with Gasteiger partial charge in [0, 0.05) is 23.7 Å². The molecule has 0 bridgehead atoms. The van der Waals surface area contributed by atoms with Gasteiger partial charge in [-0.05, 0) is 49.9 Å². The van der Waals surface area contributed by atoms with E-state index in [2.05, 4.69) is 10.2 Å². The summed E-state index contributed by atoms with van der Waals surface area (Å²) in [7, 11) is 0. The van der Waals surface area contributed by atoms with Crippen LogP contribution in [0.5, 0.6) is 0 Å². The molecular formula is C17H23ClN2O. The lowest BCUT2D eigenvalue weighted by Gasteiger charge is -2.31. The van der Waals surface area contributed by atoms with Crippen molar-refractivity contribution in [1.29, 1.82) is 0 Å². The summed E-state index contributed by atoms with van der Waals surface area (Å²) in [5.74, 6) is 0.243. The predicted octanol–water partition coefficient (Wildman–Crippen LogP) is 3.02. The van der Waals surface area contributed by atoms with Crippen molar-refractivity contribution in [2.75, 3.05) is 13.1 Å². The summed E-state index contributed by atoms with van der Waals surface area (Å²) in [5.41, 5.74) is 1.01. The zero-order valence-electron chi connectivity index (χ0n) is 12.4. The SMILES string of the molecule is O=C(Cc1cccc(Cl)c1)N(CC1CCCCN1)C1CC1. The standard InChI is InChI=1S/C17H23ClN2O/c18-14-5-3-4-13(10-14)11-17(21)20(16-7-8-16)12-15-6-1-2-9-19-15/h3-5,10,15-16,19H,1-2,6-9,11-12H2. The topological polar surface area (TPSA) is 32.3 Å². The van der Waals surface area contributed by atoms with Crippen LogP contribution in [0.1, 0.15) is 37.7 Å². The quantitative estimate of drug-likeness (QED) is 0.907. The first kappa shape index (κ1) is 14.9. The molecule has 2 fully saturated rings. The second kappa shape index (κ2) is 6.80. The molecule has 1 saturated carbocycles. The molecular weight excluding hydrogens is 284 g/mol. The maximum absolute atomic E-state index is 12.6. The van der Waals surface area contributed by atoms with Gasteiger partial charge in [-0.25, -0.2) is 0 Å². The molecule has 0 aromatic heterocycles. The van der Waals surface area contributed by atoms with Crippen molar-refractivity contribution in [3.8, 4) is 0 Å². The third-order valence-corrected chi connectivity index (χ3v) is 4.62. The summed E-state index contributed by atoms with van der Waals surface area (Å²) in [6.07, 6.45) is 6.51. The molecule has 114 valence electrons. The Morgan fingerprint density at radius 2 is 2.14 bits per heavy atom. The van der Waals surface area contributed by atoms with E-state index < -0.39 is 0 Å². The molecule has 1 atom stereocenters. The summed E-state index contributed by atoms with van der Waals surface area (Å²) < 4.78 is 0. The molecule has 3 rings (SSSR count). The van der Waals surface area contributed by atoms with Crippen molar-refractivity contribution in [2.45, 2.75) is 50.6 Å². The molecule has 1 aromatic carbocycles. The van der Waals surface area contributed by atoms with Crippen LogP contribution in [0.25, 0.3) is 0 Å². The molecule has 0 radical (unpaired) electrons. The number of rotatable bonds is 5. The van der Waals surface area contributed by atoms with Crippen molar-refractivity contribution < 1.29 is 4.79 Å². The van der Waals surface area contributed by atoms with Gasteiger partial charge in [0.25, 0.3) is 0 Å². The van der Waals surface area contributed by atoms with Gasteiger partial charge < -0.3 is 10.2 Å². The molecule has 1 saturated heterocycles. The van der Waals surface area contributed by atoms with Crippen LogP contribution in [-0.4, -0.2) is 36.0 Å². The molecule has 3 nitrogen and oxygen atoms in total. The minimum absolute atomic E-state index is 0.243. The highest BCUT2D eigenvalue weighted by molar-refractivity contribution is 6.30. The maximum Gasteiger partial charge on any atom is 0.227 e. The van der Waals surface area contributed by atoms with E-state index in [-0.39, 0.29) is 5.91 Å². The van der Waals surface area contributed by atoms with Gasteiger partial charge >= 0.3 is 0 Å². The largest absolute Gasteiger partial charge is 0.338 e. The summed E-state index contributed by atoms with van der Waals surface area (Å²) in [5, 5.41) is 4.25. The van der Waals surface area contributed by atoms with Crippen LogP contribution in [0.3, 0.4) is 0 Å². The first-order chi connectivity index (χ1) is 10.2. The van der Waals surface area contributed by atoms with Crippen molar-refractivity contribution in [1.82, 2.24) is 10.2 Å². The monoisotopic (exact) mass is 306 g/mol. The smallest absolute Gasteiger partial charge is 0.227 e. The third kappa shape index (κ3) is 4.21. The van der Waals surface area contributed by atoms with E-state index in [4.69, 9.17) is 11.6 Å². The Balaban J connectivity index is 1.61. The Hall–Kier alpha value is -1.06. The molecule has 1 N–H and O–H groups in total. The van der Waals surface area contributed by atoms with E-state index in [9.17, 15) is 4.79 Å². The first-order valence-electron chi connectivity index (χ1n) is 7.99. The van der Waals surface area contributed by atoms with Gasteiger partial charge in [0.1, 0.15) is 0 Å². The van der Waals surface area contributed by atoms with Crippen LogP contribution >= 0.6 is 11.6 Å². The number of hydrogen-bond donors (Lipinski definition) is 1. The van der Waals surface area contributed by atoms with Gasteiger partial charge in [-0.1, -0.05) is 30.2 Å². The lowest BCUT2D eigenvalue weighted by Crippen LogP contribution is -2.47. The zero-order valence-corrected chi connectivity index (χ0v) is 13.1. The lowest BCUT2D eigenvalue weighted by molar-refractivity contribution is -0.131. The Labute approximate surface area is 131 Å². The van der Waals surface area contributed by atoms with Crippen LogP contribution in [0, 0.1) is 0 Å². The average Bonchev–Trinajstić information content (AvgIpc) is 3.30. The molecule has 1 aliphatic carbocycles. The normalized spacial score (nSPS) is 22.0. The second-order valence-corrected chi connectivity index (χ2v) is 6.67. The van der Waals surface area contributed by atoms with Crippen molar-refractivity contribution in [2.24, 2.45) is 0 Å². The fourth-order valence-electron chi connectivity index (χ4n) is 3.08. The van der Waals surface area contributed by atoms with Gasteiger partial charge in [-0.3, -0.25) is 4.79 Å². The summed E-state index contributed by atoms with van der Waals surface area (Å²) in [4.78, 5) is 14.7. The van der Waals surface area contributed by atoms with E-state index in [1.165, 1.54) is 19.3 Å². The van der Waals surface area contributed by atoms with Gasteiger partial charge in [0.2, 0.25) is 5.91 Å². The number of carbonyl (C=O) groups excluding carboxylic acids is 1. The van der Waals surface area contributed by atoms with E-state index in [1.54, 1.807) is 0 Å². The van der Waals surface area contributed by atoms with Gasteiger partial charge in [0.05, 0.1) is 6.42 Å². The second-order valence-electron chi connectivity index (χ2n) is 6.23. The number of nitrogens with one attached hydrogen (secondary N) is 1.